The van der Waals surface area contributed by atoms with Crippen LogP contribution in [-0.2, 0) is 0 Å². The van der Waals surface area contributed by atoms with Crippen LogP contribution in [0.3, 0.4) is 0 Å². The molecule has 0 nitrogen and oxygen atoms in total. The third-order valence-corrected chi connectivity index (χ3v) is 6.41. The molecule has 2 aliphatic rings. The quantitative estimate of drug-likeness (QED) is 0.505. The molecule has 0 heteroatoms. The first-order chi connectivity index (χ1) is 9.23. The Morgan fingerprint density at radius 1 is 1.11 bits per heavy atom. The summed E-state index contributed by atoms with van der Waals surface area (Å²) in [5.41, 5.74) is 0.709. The summed E-state index contributed by atoms with van der Waals surface area (Å²) >= 11 is 0. The molecule has 0 aromatic heterocycles. The molecular formula is C19H34. The molecule has 19 heavy (non-hydrogen) atoms. The highest BCUT2D eigenvalue weighted by atomic mass is 14.5. The lowest BCUT2D eigenvalue weighted by Crippen LogP contribution is -2.40. The zero-order chi connectivity index (χ0) is 13.7. The fraction of sp³-hybridized carbons (Fsp3) is 0.895. The van der Waals surface area contributed by atoms with E-state index < -0.39 is 0 Å². The van der Waals surface area contributed by atoms with Crippen LogP contribution in [0, 0.1) is 23.2 Å². The van der Waals surface area contributed by atoms with Crippen molar-refractivity contribution in [3.05, 3.63) is 12.7 Å². The number of hydrogen-bond acceptors (Lipinski definition) is 0. The molecule has 0 spiro atoms. The van der Waals surface area contributed by atoms with Gasteiger partial charge in [0.2, 0.25) is 0 Å². The molecular weight excluding hydrogens is 228 g/mol. The van der Waals surface area contributed by atoms with E-state index >= 15 is 0 Å². The van der Waals surface area contributed by atoms with Crippen molar-refractivity contribution in [1.82, 2.24) is 0 Å². The second-order valence-corrected chi connectivity index (χ2v) is 7.33. The summed E-state index contributed by atoms with van der Waals surface area (Å²) < 4.78 is 0. The molecule has 0 radical (unpaired) electrons. The maximum Gasteiger partial charge on any atom is -0.0236 e. The van der Waals surface area contributed by atoms with Gasteiger partial charge in [-0.25, -0.2) is 0 Å². The Morgan fingerprint density at radius 2 is 1.74 bits per heavy atom. The van der Waals surface area contributed by atoms with Gasteiger partial charge in [-0.3, -0.25) is 0 Å². The SMILES string of the molecule is C=CC1CCC(C2(C(C)CCC)CCCCC2)CC1. The van der Waals surface area contributed by atoms with Crippen molar-refractivity contribution in [3.63, 3.8) is 0 Å². The van der Waals surface area contributed by atoms with E-state index in [1.807, 2.05) is 0 Å². The third-order valence-electron chi connectivity index (χ3n) is 6.41. The van der Waals surface area contributed by atoms with Gasteiger partial charge in [-0.1, -0.05) is 52.0 Å². The second-order valence-electron chi connectivity index (χ2n) is 7.33. The molecule has 0 bridgehead atoms. The summed E-state index contributed by atoms with van der Waals surface area (Å²) in [6.45, 7) is 8.93. The van der Waals surface area contributed by atoms with Gasteiger partial charge in [0.1, 0.15) is 0 Å². The minimum absolute atomic E-state index is 0.709. The molecule has 0 aromatic rings. The van der Waals surface area contributed by atoms with E-state index in [0.717, 1.165) is 17.8 Å². The van der Waals surface area contributed by atoms with Gasteiger partial charge in [0.25, 0.3) is 0 Å². The fourth-order valence-electron chi connectivity index (χ4n) is 5.16. The summed E-state index contributed by atoms with van der Waals surface area (Å²) in [5, 5.41) is 0. The summed E-state index contributed by atoms with van der Waals surface area (Å²) in [6, 6.07) is 0. The fourth-order valence-corrected chi connectivity index (χ4v) is 5.16. The van der Waals surface area contributed by atoms with Crippen LogP contribution < -0.4 is 0 Å². The van der Waals surface area contributed by atoms with Crippen LogP contribution in [0.1, 0.15) is 84.5 Å². The molecule has 1 atom stereocenters. The van der Waals surface area contributed by atoms with Crippen LogP contribution in [0.2, 0.25) is 0 Å². The molecule has 0 heterocycles. The van der Waals surface area contributed by atoms with Gasteiger partial charge in [0.05, 0.1) is 0 Å². The van der Waals surface area contributed by atoms with E-state index in [1.54, 1.807) is 0 Å². The van der Waals surface area contributed by atoms with Gasteiger partial charge in [-0.05, 0) is 61.7 Å². The standard InChI is InChI=1S/C19H34/c1-4-9-16(3)19(14-7-6-8-15-19)18-12-10-17(5-2)11-13-18/h5,16-18H,2,4,6-15H2,1,3H3. The van der Waals surface area contributed by atoms with E-state index in [-0.39, 0.29) is 0 Å². The Balaban J connectivity index is 2.07. The van der Waals surface area contributed by atoms with Crippen LogP contribution in [0.25, 0.3) is 0 Å². The number of allylic oxidation sites excluding steroid dienone is 1. The van der Waals surface area contributed by atoms with Gasteiger partial charge >= 0.3 is 0 Å². The molecule has 0 N–H and O–H groups in total. The van der Waals surface area contributed by atoms with Crippen molar-refractivity contribution < 1.29 is 0 Å². The molecule has 0 amide bonds. The monoisotopic (exact) mass is 262 g/mol. The van der Waals surface area contributed by atoms with Crippen molar-refractivity contribution in [2.45, 2.75) is 84.5 Å². The summed E-state index contributed by atoms with van der Waals surface area (Å²) in [4.78, 5) is 0. The second kappa shape index (κ2) is 6.95. The summed E-state index contributed by atoms with van der Waals surface area (Å²) in [7, 11) is 0. The zero-order valence-corrected chi connectivity index (χ0v) is 13.3. The highest BCUT2D eigenvalue weighted by Gasteiger charge is 2.44. The maximum atomic E-state index is 4.00. The van der Waals surface area contributed by atoms with E-state index in [2.05, 4.69) is 26.5 Å². The number of hydrogen-bond donors (Lipinski definition) is 0. The molecule has 0 aliphatic heterocycles. The van der Waals surface area contributed by atoms with Crippen molar-refractivity contribution in [2.24, 2.45) is 23.2 Å². The van der Waals surface area contributed by atoms with Crippen LogP contribution in [0.5, 0.6) is 0 Å². The maximum absolute atomic E-state index is 4.00. The largest absolute Gasteiger partial charge is 0.103 e. The average molecular weight is 262 g/mol. The topological polar surface area (TPSA) is 0 Å². The van der Waals surface area contributed by atoms with Gasteiger partial charge in [-0.2, -0.15) is 0 Å². The summed E-state index contributed by atoms with van der Waals surface area (Å²) in [5.74, 6) is 2.78. The Labute approximate surface area is 121 Å². The Hall–Kier alpha value is -0.260. The Bertz CT molecular complexity index is 264. The molecule has 0 aromatic carbocycles. The van der Waals surface area contributed by atoms with E-state index in [1.165, 1.54) is 70.6 Å². The Kier molecular flexibility index (Phi) is 5.54. The van der Waals surface area contributed by atoms with Crippen LogP contribution >= 0.6 is 0 Å². The van der Waals surface area contributed by atoms with Crippen molar-refractivity contribution >= 4 is 0 Å². The molecule has 1 unspecified atom stereocenters. The minimum Gasteiger partial charge on any atom is -0.103 e. The normalized spacial score (nSPS) is 32.7. The first kappa shape index (κ1) is 15.1. The van der Waals surface area contributed by atoms with Crippen LogP contribution in [0.4, 0.5) is 0 Å². The third kappa shape index (κ3) is 3.26. The lowest BCUT2D eigenvalue weighted by atomic mass is 9.55. The number of rotatable bonds is 5. The first-order valence-corrected chi connectivity index (χ1v) is 8.85. The predicted molar refractivity (Wildman–Crippen MR) is 85.2 cm³/mol. The first-order valence-electron chi connectivity index (χ1n) is 8.85. The zero-order valence-electron chi connectivity index (χ0n) is 13.3. The van der Waals surface area contributed by atoms with Crippen molar-refractivity contribution in [2.75, 3.05) is 0 Å². The smallest absolute Gasteiger partial charge is 0.0236 e. The van der Waals surface area contributed by atoms with Crippen LogP contribution in [-0.4, -0.2) is 0 Å². The lowest BCUT2D eigenvalue weighted by molar-refractivity contribution is 0.00290. The van der Waals surface area contributed by atoms with Gasteiger partial charge in [0.15, 0.2) is 0 Å². The van der Waals surface area contributed by atoms with Crippen molar-refractivity contribution in [3.8, 4) is 0 Å². The minimum atomic E-state index is 0.709. The van der Waals surface area contributed by atoms with Gasteiger partial charge in [0, 0.05) is 0 Å². The molecule has 2 aliphatic carbocycles. The molecule has 2 fully saturated rings. The average Bonchev–Trinajstić information content (AvgIpc) is 2.48. The van der Waals surface area contributed by atoms with Gasteiger partial charge in [-0.15, -0.1) is 6.58 Å². The summed E-state index contributed by atoms with van der Waals surface area (Å²) in [6.07, 6.45) is 18.3. The molecule has 0 saturated heterocycles. The van der Waals surface area contributed by atoms with Crippen molar-refractivity contribution in [1.29, 1.82) is 0 Å². The van der Waals surface area contributed by atoms with E-state index in [9.17, 15) is 0 Å². The molecule has 110 valence electrons. The van der Waals surface area contributed by atoms with E-state index in [4.69, 9.17) is 0 Å². The molecule has 2 rings (SSSR count). The van der Waals surface area contributed by atoms with Crippen LogP contribution in [0.15, 0.2) is 12.7 Å². The highest BCUT2D eigenvalue weighted by molar-refractivity contribution is 4.96. The predicted octanol–water partition coefficient (Wildman–Crippen LogP) is 6.37. The lowest BCUT2D eigenvalue weighted by Gasteiger charge is -2.50. The van der Waals surface area contributed by atoms with Gasteiger partial charge < -0.3 is 0 Å². The highest BCUT2D eigenvalue weighted by Crippen LogP contribution is 2.54. The van der Waals surface area contributed by atoms with E-state index in [0.29, 0.717) is 5.41 Å². The molecule has 2 saturated carbocycles. The Morgan fingerprint density at radius 3 is 2.26 bits per heavy atom.